The fraction of sp³-hybridized carbons (Fsp3) is 0.0526. The first-order valence-corrected chi connectivity index (χ1v) is 9.91. The van der Waals surface area contributed by atoms with Gasteiger partial charge in [0.2, 0.25) is 10.9 Å². The van der Waals surface area contributed by atoms with Crippen LogP contribution in [0.4, 0.5) is 0 Å². The molecule has 0 amide bonds. The van der Waals surface area contributed by atoms with Crippen molar-refractivity contribution in [1.82, 2.24) is 20.2 Å². The third kappa shape index (κ3) is 3.96. The molecule has 0 unspecified atom stereocenters. The third-order valence-electron chi connectivity index (χ3n) is 3.85. The molecule has 0 saturated heterocycles. The molecule has 0 spiro atoms. The molecule has 0 atom stereocenters. The Morgan fingerprint density at radius 1 is 1.07 bits per heavy atom. The summed E-state index contributed by atoms with van der Waals surface area (Å²) in [6.45, 7) is 0. The number of para-hydroxylation sites is 1. The topological polar surface area (TPSA) is 73.8 Å². The van der Waals surface area contributed by atoms with Gasteiger partial charge in [-0.3, -0.25) is 4.79 Å². The number of carbonyl (C=O) groups excluding carboxylic acids is 1. The van der Waals surface area contributed by atoms with Crippen molar-refractivity contribution in [3.63, 3.8) is 0 Å². The van der Waals surface area contributed by atoms with Crippen molar-refractivity contribution in [1.29, 1.82) is 0 Å². The van der Waals surface area contributed by atoms with Crippen molar-refractivity contribution in [2.75, 3.05) is 5.75 Å². The molecule has 0 N–H and O–H groups in total. The van der Waals surface area contributed by atoms with Crippen LogP contribution in [0.5, 0.6) is 0 Å². The lowest BCUT2D eigenvalue weighted by Crippen LogP contribution is -2.04. The quantitative estimate of drug-likeness (QED) is 0.309. The summed E-state index contributed by atoms with van der Waals surface area (Å²) in [6.07, 6.45) is 0. The summed E-state index contributed by atoms with van der Waals surface area (Å²) >= 11 is 13.4. The van der Waals surface area contributed by atoms with Gasteiger partial charge in [0, 0.05) is 10.6 Å². The van der Waals surface area contributed by atoms with E-state index in [0.717, 1.165) is 5.69 Å². The van der Waals surface area contributed by atoms with Gasteiger partial charge >= 0.3 is 0 Å². The van der Waals surface area contributed by atoms with Crippen LogP contribution in [-0.2, 0) is 0 Å². The van der Waals surface area contributed by atoms with Crippen molar-refractivity contribution in [2.24, 2.45) is 0 Å². The lowest BCUT2D eigenvalue weighted by Gasteiger charge is -2.03. The second kappa shape index (κ2) is 8.18. The number of nitrogens with zero attached hydrogens (tertiary/aromatic N) is 4. The molecule has 2 aromatic carbocycles. The van der Waals surface area contributed by atoms with Crippen molar-refractivity contribution in [2.45, 2.75) is 5.16 Å². The van der Waals surface area contributed by atoms with Crippen LogP contribution in [-0.4, -0.2) is 31.7 Å². The summed E-state index contributed by atoms with van der Waals surface area (Å²) in [4.78, 5) is 12.5. The highest BCUT2D eigenvalue weighted by molar-refractivity contribution is 7.99. The summed E-state index contributed by atoms with van der Waals surface area (Å²) in [5.74, 6) is 0.703. The molecule has 2 aromatic heterocycles. The molecule has 0 radical (unpaired) electrons. The number of Topliss-reactive ketones (excluding diaryl/α,β-unsaturated/α-hetero) is 1. The van der Waals surface area contributed by atoms with Crippen LogP contribution in [0.1, 0.15) is 10.6 Å². The van der Waals surface area contributed by atoms with E-state index < -0.39 is 0 Å². The number of aromatic nitrogens is 4. The number of halogens is 2. The van der Waals surface area contributed by atoms with Gasteiger partial charge in [-0.1, -0.05) is 53.2 Å². The molecule has 6 nitrogen and oxygen atoms in total. The highest BCUT2D eigenvalue weighted by Gasteiger charge is 2.17. The van der Waals surface area contributed by atoms with Crippen LogP contribution in [0.25, 0.3) is 17.0 Å². The smallest absolute Gasteiger partial charge is 0.214 e. The van der Waals surface area contributed by atoms with Crippen LogP contribution in [0.3, 0.4) is 0 Å². The van der Waals surface area contributed by atoms with E-state index in [4.69, 9.17) is 27.6 Å². The highest BCUT2D eigenvalue weighted by atomic mass is 35.5. The summed E-state index contributed by atoms with van der Waals surface area (Å²) in [5.41, 5.74) is 1.49. The van der Waals surface area contributed by atoms with Gasteiger partial charge in [0.1, 0.15) is 5.76 Å². The maximum atomic E-state index is 12.5. The van der Waals surface area contributed by atoms with E-state index in [-0.39, 0.29) is 17.3 Å². The zero-order valence-electron chi connectivity index (χ0n) is 14.3. The summed E-state index contributed by atoms with van der Waals surface area (Å²) < 4.78 is 7.27. The fourth-order valence-electron chi connectivity index (χ4n) is 2.52. The van der Waals surface area contributed by atoms with Crippen molar-refractivity contribution in [3.8, 4) is 17.0 Å². The van der Waals surface area contributed by atoms with E-state index in [2.05, 4.69) is 15.5 Å². The number of ketones is 1. The lowest BCUT2D eigenvalue weighted by atomic mass is 10.2. The first-order valence-electron chi connectivity index (χ1n) is 8.17. The summed E-state index contributed by atoms with van der Waals surface area (Å²) in [5, 5.41) is 13.2. The first kappa shape index (κ1) is 18.7. The zero-order chi connectivity index (χ0) is 19.5. The molecule has 28 heavy (non-hydrogen) atoms. The van der Waals surface area contributed by atoms with E-state index in [1.807, 2.05) is 30.3 Å². The predicted octanol–water partition coefficient (Wildman–Crippen LogP) is 5.20. The number of tetrazole rings is 1. The minimum Gasteiger partial charge on any atom is -0.453 e. The van der Waals surface area contributed by atoms with Gasteiger partial charge in [-0.15, -0.1) is 5.10 Å². The second-order valence-corrected chi connectivity index (χ2v) is 7.49. The molecule has 2 heterocycles. The Bertz CT molecular complexity index is 1130. The second-order valence-electron chi connectivity index (χ2n) is 5.71. The van der Waals surface area contributed by atoms with Crippen LogP contribution in [0.2, 0.25) is 10.0 Å². The SMILES string of the molecule is O=C(CSc1nnnn1-c1ccccc1)c1ccc(-c2ccc(Cl)cc2Cl)o1. The molecule has 0 aliphatic heterocycles. The van der Waals surface area contributed by atoms with Gasteiger partial charge in [0.05, 0.1) is 16.5 Å². The largest absolute Gasteiger partial charge is 0.453 e. The zero-order valence-corrected chi connectivity index (χ0v) is 16.6. The van der Waals surface area contributed by atoms with Crippen LogP contribution >= 0.6 is 35.0 Å². The summed E-state index contributed by atoms with van der Waals surface area (Å²) in [6, 6.07) is 17.9. The monoisotopic (exact) mass is 430 g/mol. The highest BCUT2D eigenvalue weighted by Crippen LogP contribution is 2.32. The molecule has 0 aliphatic rings. The van der Waals surface area contributed by atoms with Crippen LogP contribution in [0.15, 0.2) is 70.2 Å². The Morgan fingerprint density at radius 3 is 2.68 bits per heavy atom. The third-order valence-corrected chi connectivity index (χ3v) is 5.32. The Kier molecular flexibility index (Phi) is 5.47. The van der Waals surface area contributed by atoms with Crippen molar-refractivity contribution in [3.05, 3.63) is 76.5 Å². The molecule has 140 valence electrons. The van der Waals surface area contributed by atoms with Crippen LogP contribution in [0, 0.1) is 0 Å². The molecular weight excluding hydrogens is 419 g/mol. The average molecular weight is 431 g/mol. The van der Waals surface area contributed by atoms with E-state index in [9.17, 15) is 4.79 Å². The maximum absolute atomic E-state index is 12.5. The number of carbonyl (C=O) groups is 1. The molecule has 4 rings (SSSR count). The van der Waals surface area contributed by atoms with E-state index >= 15 is 0 Å². The fourth-order valence-corrected chi connectivity index (χ4v) is 3.79. The standard InChI is InChI=1S/C19H12Cl2N4O2S/c20-12-6-7-14(15(21)10-12)17-8-9-18(27-17)16(26)11-28-19-22-23-24-25(19)13-4-2-1-3-5-13/h1-10H,11H2. The van der Waals surface area contributed by atoms with Gasteiger partial charge in [0.25, 0.3) is 0 Å². The minimum atomic E-state index is -0.177. The number of hydrogen-bond donors (Lipinski definition) is 0. The van der Waals surface area contributed by atoms with Crippen LogP contribution < -0.4 is 0 Å². The predicted molar refractivity (Wildman–Crippen MR) is 108 cm³/mol. The van der Waals surface area contributed by atoms with Gasteiger partial charge in [-0.2, -0.15) is 4.68 Å². The minimum absolute atomic E-state index is 0.133. The van der Waals surface area contributed by atoms with Gasteiger partial charge in [-0.05, 0) is 52.9 Å². The average Bonchev–Trinajstić information content (AvgIpc) is 3.36. The molecule has 0 aliphatic carbocycles. The Morgan fingerprint density at radius 2 is 1.89 bits per heavy atom. The van der Waals surface area contributed by atoms with Crippen molar-refractivity contribution >= 4 is 40.7 Å². The van der Waals surface area contributed by atoms with Gasteiger partial charge in [0.15, 0.2) is 5.76 Å². The molecule has 0 fully saturated rings. The number of hydrogen-bond acceptors (Lipinski definition) is 6. The number of rotatable bonds is 6. The normalized spacial score (nSPS) is 10.9. The molecule has 9 heteroatoms. The lowest BCUT2D eigenvalue weighted by molar-refractivity contribution is 0.0993. The molecule has 0 saturated carbocycles. The summed E-state index contributed by atoms with van der Waals surface area (Å²) in [7, 11) is 0. The number of benzene rings is 2. The Hall–Kier alpha value is -2.61. The van der Waals surface area contributed by atoms with Crippen molar-refractivity contribution < 1.29 is 9.21 Å². The van der Waals surface area contributed by atoms with Gasteiger partial charge < -0.3 is 4.42 Å². The maximum Gasteiger partial charge on any atom is 0.214 e. The molecular formula is C19H12Cl2N4O2S. The Labute approximate surface area is 174 Å². The number of furan rings is 1. The van der Waals surface area contributed by atoms with E-state index in [1.54, 1.807) is 35.0 Å². The first-order chi connectivity index (χ1) is 13.6. The molecule has 0 bridgehead atoms. The number of thioether (sulfide) groups is 1. The molecule has 4 aromatic rings. The van der Waals surface area contributed by atoms with E-state index in [1.165, 1.54) is 11.8 Å². The Balaban J connectivity index is 1.47. The van der Waals surface area contributed by atoms with Gasteiger partial charge in [-0.25, -0.2) is 0 Å². The van der Waals surface area contributed by atoms with E-state index in [0.29, 0.717) is 26.5 Å².